The van der Waals surface area contributed by atoms with Crippen molar-refractivity contribution in [3.05, 3.63) is 46.3 Å². The van der Waals surface area contributed by atoms with Crippen LogP contribution in [0.25, 0.3) is 0 Å². The van der Waals surface area contributed by atoms with Crippen molar-refractivity contribution < 1.29 is 28.0 Å². The van der Waals surface area contributed by atoms with Gasteiger partial charge in [0.2, 0.25) is 5.91 Å². The number of hydrogen-bond donors (Lipinski definition) is 1. The van der Waals surface area contributed by atoms with Crippen LogP contribution in [0, 0.1) is 10.1 Å². The van der Waals surface area contributed by atoms with Crippen molar-refractivity contribution in [3.8, 4) is 11.5 Å². The molecule has 0 unspecified atom stereocenters. The van der Waals surface area contributed by atoms with Crippen LogP contribution in [0.3, 0.4) is 0 Å². The fourth-order valence-electron chi connectivity index (χ4n) is 2.09. The third kappa shape index (κ3) is 5.40. The van der Waals surface area contributed by atoms with Gasteiger partial charge in [-0.25, -0.2) is 0 Å². The molecule has 0 bridgehead atoms. The third-order valence-corrected chi connectivity index (χ3v) is 3.33. The number of ether oxygens (including phenoxy) is 2. The van der Waals surface area contributed by atoms with E-state index in [1.165, 1.54) is 30.1 Å². The normalized spacial score (nSPS) is 10.6. The highest BCUT2D eigenvalue weighted by molar-refractivity contribution is 5.75. The number of benzene rings is 1. The summed E-state index contributed by atoms with van der Waals surface area (Å²) in [6.45, 7) is -2.73. The Morgan fingerprint density at radius 1 is 1.42 bits per heavy atom. The molecule has 9 nitrogen and oxygen atoms in total. The van der Waals surface area contributed by atoms with Crippen LogP contribution in [0.1, 0.15) is 12.0 Å². The highest BCUT2D eigenvalue weighted by Crippen LogP contribution is 2.29. The van der Waals surface area contributed by atoms with E-state index < -0.39 is 11.5 Å². The first kappa shape index (κ1) is 19.1. The maximum Gasteiger partial charge on any atom is 0.387 e. The fourth-order valence-corrected chi connectivity index (χ4v) is 2.09. The van der Waals surface area contributed by atoms with Gasteiger partial charge >= 0.3 is 12.3 Å². The quantitative estimate of drug-likeness (QED) is 0.535. The van der Waals surface area contributed by atoms with E-state index in [2.05, 4.69) is 15.2 Å². The maximum absolute atomic E-state index is 12.4. The van der Waals surface area contributed by atoms with Crippen LogP contribution >= 0.6 is 0 Å². The Bertz CT molecular complexity index is 781. The Kier molecular flexibility index (Phi) is 6.42. The fraction of sp³-hybridized carbons (Fsp3) is 0.333. The zero-order valence-corrected chi connectivity index (χ0v) is 13.7. The Hall–Kier alpha value is -3.24. The van der Waals surface area contributed by atoms with Gasteiger partial charge in [-0.1, -0.05) is 6.07 Å². The first-order valence-electron chi connectivity index (χ1n) is 7.44. The largest absolute Gasteiger partial charge is 0.493 e. The van der Waals surface area contributed by atoms with E-state index in [0.29, 0.717) is 5.56 Å². The first-order chi connectivity index (χ1) is 12.4. The van der Waals surface area contributed by atoms with Crippen LogP contribution in [0.15, 0.2) is 30.6 Å². The molecule has 0 radical (unpaired) electrons. The summed E-state index contributed by atoms with van der Waals surface area (Å²) in [5, 5.41) is 17.0. The van der Waals surface area contributed by atoms with E-state index in [-0.39, 0.29) is 42.6 Å². The van der Waals surface area contributed by atoms with Crippen LogP contribution in [0.2, 0.25) is 0 Å². The number of nitrogens with one attached hydrogen (secondary N) is 1. The van der Waals surface area contributed by atoms with Crippen molar-refractivity contribution in [2.45, 2.75) is 26.1 Å². The number of hydrogen-bond acceptors (Lipinski definition) is 6. The number of carbonyl (C=O) groups excluding carboxylic acids is 1. The van der Waals surface area contributed by atoms with Gasteiger partial charge < -0.3 is 14.8 Å². The van der Waals surface area contributed by atoms with Crippen LogP contribution in [-0.4, -0.2) is 34.3 Å². The molecule has 0 aliphatic heterocycles. The van der Waals surface area contributed by atoms with Crippen LogP contribution in [-0.2, 0) is 17.9 Å². The van der Waals surface area contributed by atoms with E-state index in [1.54, 1.807) is 6.07 Å². The Morgan fingerprint density at radius 3 is 2.81 bits per heavy atom. The smallest absolute Gasteiger partial charge is 0.387 e. The zero-order chi connectivity index (χ0) is 19.1. The van der Waals surface area contributed by atoms with E-state index >= 15 is 0 Å². The molecule has 2 aromatic rings. The molecule has 0 aliphatic rings. The number of alkyl halides is 2. The maximum atomic E-state index is 12.4. The molecule has 140 valence electrons. The topological polar surface area (TPSA) is 109 Å². The van der Waals surface area contributed by atoms with E-state index in [4.69, 9.17) is 4.74 Å². The average Bonchev–Trinajstić information content (AvgIpc) is 3.07. The summed E-state index contributed by atoms with van der Waals surface area (Å²) in [6, 6.07) is 4.42. The molecule has 1 aromatic carbocycles. The second-order valence-electron chi connectivity index (χ2n) is 5.11. The number of rotatable bonds is 9. The molecule has 1 N–H and O–H groups in total. The molecule has 0 fully saturated rings. The molecule has 0 saturated heterocycles. The van der Waals surface area contributed by atoms with Crippen LogP contribution in [0.5, 0.6) is 11.5 Å². The Balaban J connectivity index is 1.87. The molecule has 0 aliphatic carbocycles. The molecule has 1 heterocycles. The average molecular weight is 370 g/mol. The molecular formula is C15H16F2N4O5. The lowest BCUT2D eigenvalue weighted by Gasteiger charge is -2.12. The molecule has 1 amide bonds. The highest BCUT2D eigenvalue weighted by atomic mass is 19.3. The third-order valence-electron chi connectivity index (χ3n) is 3.33. The SMILES string of the molecule is COc1ccc(CNC(=O)CCn2cc([N+](=O)[O-])cn2)cc1OC(F)F. The van der Waals surface area contributed by atoms with Crippen molar-refractivity contribution >= 4 is 11.6 Å². The molecule has 11 heteroatoms. The summed E-state index contributed by atoms with van der Waals surface area (Å²) in [4.78, 5) is 21.8. The molecule has 0 atom stereocenters. The first-order valence-corrected chi connectivity index (χ1v) is 7.44. The zero-order valence-electron chi connectivity index (χ0n) is 13.7. The number of halogens is 2. The Morgan fingerprint density at radius 2 is 2.19 bits per heavy atom. The molecular weight excluding hydrogens is 354 g/mol. The van der Waals surface area contributed by atoms with Crippen LogP contribution in [0.4, 0.5) is 14.5 Å². The van der Waals surface area contributed by atoms with Gasteiger partial charge in [0.1, 0.15) is 12.4 Å². The Labute approximate surface area is 146 Å². The lowest BCUT2D eigenvalue weighted by atomic mass is 10.2. The van der Waals surface area contributed by atoms with Crippen molar-refractivity contribution in [3.63, 3.8) is 0 Å². The molecule has 2 rings (SSSR count). The van der Waals surface area contributed by atoms with Crippen LogP contribution < -0.4 is 14.8 Å². The minimum absolute atomic E-state index is 0.0510. The lowest BCUT2D eigenvalue weighted by molar-refractivity contribution is -0.385. The van der Waals surface area contributed by atoms with Gasteiger partial charge in [-0.05, 0) is 17.7 Å². The van der Waals surface area contributed by atoms with Gasteiger partial charge in [0, 0.05) is 19.5 Å². The summed E-state index contributed by atoms with van der Waals surface area (Å²) >= 11 is 0. The number of carbonyl (C=O) groups is 1. The minimum atomic E-state index is -2.99. The predicted octanol–water partition coefficient (Wildman–Crippen LogP) is 2.11. The number of amides is 1. The lowest BCUT2D eigenvalue weighted by Crippen LogP contribution is -2.24. The van der Waals surface area contributed by atoms with Gasteiger partial charge in [-0.15, -0.1) is 0 Å². The molecule has 1 aromatic heterocycles. The standard InChI is InChI=1S/C15H16F2N4O5/c1-25-12-3-2-10(6-13(12)26-15(16)17)7-18-14(22)4-5-20-9-11(8-19-20)21(23)24/h2-3,6,8-9,15H,4-5,7H2,1H3,(H,18,22). The minimum Gasteiger partial charge on any atom is -0.493 e. The van der Waals surface area contributed by atoms with Gasteiger partial charge in [0.15, 0.2) is 11.5 Å². The summed E-state index contributed by atoms with van der Waals surface area (Å²) in [6.07, 6.45) is 2.37. The van der Waals surface area contributed by atoms with Crippen molar-refractivity contribution in [2.75, 3.05) is 7.11 Å². The second kappa shape index (κ2) is 8.74. The summed E-state index contributed by atoms with van der Waals surface area (Å²) in [7, 11) is 1.33. The monoisotopic (exact) mass is 370 g/mol. The number of aromatic nitrogens is 2. The predicted molar refractivity (Wildman–Crippen MR) is 85.0 cm³/mol. The number of nitro groups is 1. The van der Waals surface area contributed by atoms with Crippen molar-refractivity contribution in [2.24, 2.45) is 0 Å². The summed E-state index contributed by atoms with van der Waals surface area (Å²) < 4.78 is 35.4. The molecule has 0 spiro atoms. The summed E-state index contributed by atoms with van der Waals surface area (Å²) in [5.74, 6) is -0.297. The van der Waals surface area contributed by atoms with E-state index in [9.17, 15) is 23.7 Å². The molecule has 26 heavy (non-hydrogen) atoms. The molecule has 0 saturated carbocycles. The van der Waals surface area contributed by atoms with Gasteiger partial charge in [0.05, 0.1) is 12.0 Å². The highest BCUT2D eigenvalue weighted by Gasteiger charge is 2.12. The van der Waals surface area contributed by atoms with E-state index in [1.807, 2.05) is 0 Å². The van der Waals surface area contributed by atoms with Gasteiger partial charge in [-0.2, -0.15) is 13.9 Å². The summed E-state index contributed by atoms with van der Waals surface area (Å²) in [5.41, 5.74) is 0.389. The second-order valence-corrected chi connectivity index (χ2v) is 5.11. The van der Waals surface area contributed by atoms with E-state index in [0.717, 1.165) is 6.20 Å². The van der Waals surface area contributed by atoms with Gasteiger partial charge in [-0.3, -0.25) is 19.6 Å². The number of methoxy groups -OCH3 is 1. The number of nitrogens with zero attached hydrogens (tertiary/aromatic N) is 3. The van der Waals surface area contributed by atoms with Crippen molar-refractivity contribution in [1.82, 2.24) is 15.1 Å². The number of aryl methyl sites for hydroxylation is 1. The van der Waals surface area contributed by atoms with Crippen molar-refractivity contribution in [1.29, 1.82) is 0 Å². The van der Waals surface area contributed by atoms with Gasteiger partial charge in [0.25, 0.3) is 0 Å².